The van der Waals surface area contributed by atoms with Crippen molar-refractivity contribution in [2.24, 2.45) is 0 Å². The Morgan fingerprint density at radius 3 is 2.64 bits per heavy atom. The fourth-order valence-corrected chi connectivity index (χ4v) is 6.09. The molecule has 0 unspecified atom stereocenters. The molecule has 2 aromatic carbocycles. The van der Waals surface area contributed by atoms with Crippen LogP contribution in [0.25, 0.3) is 22.2 Å². The third kappa shape index (κ3) is 6.62. The lowest BCUT2D eigenvalue weighted by atomic mass is 10.0. The number of hydrogen-bond acceptors (Lipinski definition) is 7. The van der Waals surface area contributed by atoms with Crippen molar-refractivity contribution in [2.75, 3.05) is 56.9 Å². The van der Waals surface area contributed by atoms with Gasteiger partial charge in [0, 0.05) is 85.8 Å². The van der Waals surface area contributed by atoms with E-state index in [0.717, 1.165) is 61.1 Å². The van der Waals surface area contributed by atoms with Crippen molar-refractivity contribution in [1.29, 1.82) is 0 Å². The van der Waals surface area contributed by atoms with E-state index in [2.05, 4.69) is 44.0 Å². The molecule has 0 radical (unpaired) electrons. The number of fused-ring (bicyclic) bond motifs is 1. The molecule has 10 nitrogen and oxygen atoms in total. The Labute approximate surface area is 262 Å². The number of anilines is 2. The normalized spacial score (nSPS) is 16.6. The molecule has 2 aliphatic rings. The summed E-state index contributed by atoms with van der Waals surface area (Å²) in [7, 11) is 2.12. The van der Waals surface area contributed by atoms with Crippen molar-refractivity contribution in [3.05, 3.63) is 83.7 Å². The zero-order valence-electron chi connectivity index (χ0n) is 24.9. The molecule has 0 aliphatic carbocycles. The number of likely N-dealkylation sites (tertiary alicyclic amines) is 1. The van der Waals surface area contributed by atoms with Gasteiger partial charge in [0.2, 0.25) is 11.9 Å². The first-order valence-electron chi connectivity index (χ1n) is 15.0. The minimum Gasteiger partial charge on any atom is -0.360 e. The molecule has 4 aromatic rings. The van der Waals surface area contributed by atoms with Gasteiger partial charge in [0.1, 0.15) is 0 Å². The predicted octanol–water partition coefficient (Wildman–Crippen LogP) is 4.87. The summed E-state index contributed by atoms with van der Waals surface area (Å²) in [5.74, 6) is 0.246. The van der Waals surface area contributed by atoms with E-state index < -0.39 is 0 Å². The van der Waals surface area contributed by atoms with Crippen molar-refractivity contribution < 1.29 is 9.59 Å². The maximum atomic E-state index is 13.6. The largest absolute Gasteiger partial charge is 0.360 e. The van der Waals surface area contributed by atoms with Crippen LogP contribution in [0, 0.1) is 0 Å². The van der Waals surface area contributed by atoms with E-state index in [-0.39, 0.29) is 17.9 Å². The van der Waals surface area contributed by atoms with Gasteiger partial charge in [-0.2, -0.15) is 0 Å². The van der Waals surface area contributed by atoms with Gasteiger partial charge in [-0.15, -0.1) is 0 Å². The molecule has 228 valence electrons. The van der Waals surface area contributed by atoms with Gasteiger partial charge >= 0.3 is 0 Å². The molecule has 0 bridgehead atoms. The molecule has 4 heterocycles. The Hall–Kier alpha value is -4.25. The van der Waals surface area contributed by atoms with Crippen LogP contribution < -0.4 is 10.6 Å². The molecule has 2 aromatic heterocycles. The number of aromatic amines is 1. The Morgan fingerprint density at radius 2 is 1.86 bits per heavy atom. The van der Waals surface area contributed by atoms with Crippen molar-refractivity contribution in [3.8, 4) is 11.3 Å². The van der Waals surface area contributed by atoms with Crippen LogP contribution in [-0.4, -0.2) is 93.8 Å². The van der Waals surface area contributed by atoms with E-state index in [4.69, 9.17) is 16.6 Å². The quantitative estimate of drug-likeness (QED) is 0.244. The Balaban J connectivity index is 1.11. The summed E-state index contributed by atoms with van der Waals surface area (Å²) < 4.78 is 0. The summed E-state index contributed by atoms with van der Waals surface area (Å²) in [5.41, 5.74) is 4.89. The first kappa shape index (κ1) is 29.8. The number of hydrogen-bond donors (Lipinski definition) is 3. The van der Waals surface area contributed by atoms with E-state index >= 15 is 0 Å². The second-order valence-electron chi connectivity index (χ2n) is 11.5. The summed E-state index contributed by atoms with van der Waals surface area (Å²) in [5, 5.41) is 7.91. The molecule has 2 aliphatic heterocycles. The minimum absolute atomic E-state index is 0.00552. The van der Waals surface area contributed by atoms with Crippen LogP contribution in [-0.2, 0) is 11.3 Å². The molecule has 2 fully saturated rings. The van der Waals surface area contributed by atoms with Gasteiger partial charge in [-0.1, -0.05) is 36.4 Å². The molecule has 3 N–H and O–H groups in total. The predicted molar refractivity (Wildman–Crippen MR) is 175 cm³/mol. The lowest BCUT2D eigenvalue weighted by Gasteiger charge is -2.33. The summed E-state index contributed by atoms with van der Waals surface area (Å²) in [4.78, 5) is 44.7. The molecule has 0 spiro atoms. The van der Waals surface area contributed by atoms with Crippen molar-refractivity contribution in [3.63, 3.8) is 0 Å². The van der Waals surface area contributed by atoms with E-state index in [0.29, 0.717) is 47.6 Å². The van der Waals surface area contributed by atoms with Crippen LogP contribution in [0.3, 0.4) is 0 Å². The first-order valence-corrected chi connectivity index (χ1v) is 15.4. The van der Waals surface area contributed by atoms with E-state index in [9.17, 15) is 9.59 Å². The Bertz CT molecular complexity index is 1670. The number of amides is 2. The zero-order valence-corrected chi connectivity index (χ0v) is 25.6. The van der Waals surface area contributed by atoms with Crippen LogP contribution in [0.1, 0.15) is 28.8 Å². The summed E-state index contributed by atoms with van der Waals surface area (Å²) in [6.07, 6.45) is 6.34. The van der Waals surface area contributed by atoms with E-state index in [1.54, 1.807) is 12.3 Å². The average molecular weight is 613 g/mol. The number of halogens is 1. The number of piperazine rings is 1. The van der Waals surface area contributed by atoms with Crippen LogP contribution in [0.5, 0.6) is 0 Å². The highest BCUT2D eigenvalue weighted by Gasteiger charge is 2.26. The van der Waals surface area contributed by atoms with Gasteiger partial charge in [0.25, 0.3) is 5.91 Å². The molecule has 0 saturated carbocycles. The molecular formula is C33H37ClN8O2. The van der Waals surface area contributed by atoms with Gasteiger partial charge in [-0.05, 0) is 55.8 Å². The highest BCUT2D eigenvalue weighted by molar-refractivity contribution is 6.33. The molecule has 0 atom stereocenters. The minimum atomic E-state index is -0.267. The van der Waals surface area contributed by atoms with Crippen molar-refractivity contribution in [1.82, 2.24) is 29.7 Å². The number of carbonyl (C=O) groups excluding carboxylic acids is 2. The zero-order chi connectivity index (χ0) is 30.6. The average Bonchev–Trinajstić information content (AvgIpc) is 3.48. The summed E-state index contributed by atoms with van der Waals surface area (Å²) in [6.45, 7) is 9.31. The molecule has 44 heavy (non-hydrogen) atoms. The van der Waals surface area contributed by atoms with Crippen LogP contribution in [0.2, 0.25) is 5.02 Å². The van der Waals surface area contributed by atoms with Gasteiger partial charge in [-0.3, -0.25) is 14.5 Å². The highest BCUT2D eigenvalue weighted by Crippen LogP contribution is 2.32. The topological polar surface area (TPSA) is 109 Å². The third-order valence-corrected chi connectivity index (χ3v) is 8.77. The van der Waals surface area contributed by atoms with Gasteiger partial charge < -0.3 is 25.4 Å². The number of likely N-dealkylation sites (N-methyl/N-ethyl adjacent to an activating group) is 1. The van der Waals surface area contributed by atoms with Crippen molar-refractivity contribution >= 4 is 46.0 Å². The fraction of sp³-hybridized carbons (Fsp3) is 0.333. The lowest BCUT2D eigenvalue weighted by Crippen LogP contribution is -2.44. The monoisotopic (exact) mass is 612 g/mol. The molecule has 6 rings (SSSR count). The van der Waals surface area contributed by atoms with E-state index in [1.807, 2.05) is 47.5 Å². The molecular weight excluding hydrogens is 576 g/mol. The number of nitrogens with zero attached hydrogens (tertiary/aromatic N) is 5. The third-order valence-electron chi connectivity index (χ3n) is 8.49. The number of benzene rings is 2. The highest BCUT2D eigenvalue weighted by atomic mass is 35.5. The van der Waals surface area contributed by atoms with Crippen LogP contribution in [0.4, 0.5) is 11.6 Å². The Morgan fingerprint density at radius 1 is 1.09 bits per heavy atom. The number of para-hydroxylation sites is 1. The Kier molecular flexibility index (Phi) is 8.92. The van der Waals surface area contributed by atoms with Crippen LogP contribution >= 0.6 is 11.6 Å². The standard InChI is InChI=1S/C33H37ClN8O2/c1-3-30(43)38-28-9-8-22(18-23(28)21-41-16-14-40(2)15-17-41)32(44)42-12-10-24(11-13-42)37-33-36-20-27(34)31(39-33)26-19-35-29-7-5-4-6-25(26)29/h3-9,18-20,24,35H,1,10-17,21H2,2H3,(H,38,43)(H,36,37,39). The molecule has 2 amide bonds. The number of carbonyl (C=O) groups is 2. The van der Waals surface area contributed by atoms with Crippen LogP contribution in [0.15, 0.2) is 67.5 Å². The SMILES string of the molecule is C=CC(=O)Nc1ccc(C(=O)N2CCC(Nc3ncc(Cl)c(-c4c[nH]c5ccccc45)n3)CC2)cc1CN1CCN(C)CC1. The van der Waals surface area contributed by atoms with Crippen molar-refractivity contribution in [2.45, 2.75) is 25.4 Å². The van der Waals surface area contributed by atoms with E-state index in [1.165, 1.54) is 6.08 Å². The summed E-state index contributed by atoms with van der Waals surface area (Å²) >= 11 is 6.52. The summed E-state index contributed by atoms with van der Waals surface area (Å²) in [6, 6.07) is 13.7. The second kappa shape index (κ2) is 13.2. The van der Waals surface area contributed by atoms with Gasteiger partial charge in [0.05, 0.1) is 16.9 Å². The number of nitrogens with one attached hydrogen (secondary N) is 3. The number of rotatable bonds is 8. The number of aromatic nitrogens is 3. The lowest BCUT2D eigenvalue weighted by molar-refractivity contribution is -0.111. The second-order valence-corrected chi connectivity index (χ2v) is 11.9. The smallest absolute Gasteiger partial charge is 0.253 e. The molecule has 2 saturated heterocycles. The molecule has 11 heteroatoms. The fourth-order valence-electron chi connectivity index (χ4n) is 5.90. The van der Waals surface area contributed by atoms with Gasteiger partial charge in [0.15, 0.2) is 0 Å². The van der Waals surface area contributed by atoms with Gasteiger partial charge in [-0.25, -0.2) is 9.97 Å². The number of H-pyrrole nitrogens is 1. The maximum absolute atomic E-state index is 13.6. The maximum Gasteiger partial charge on any atom is 0.253 e. The first-order chi connectivity index (χ1) is 21.4. The number of piperidine rings is 1.